The highest BCUT2D eigenvalue weighted by Crippen LogP contribution is 2.22. The van der Waals surface area contributed by atoms with E-state index in [-0.39, 0.29) is 11.1 Å². The van der Waals surface area contributed by atoms with Gasteiger partial charge in [-0.15, -0.1) is 0 Å². The molecule has 0 fully saturated rings. The Kier molecular flexibility index (Phi) is 5.59. The van der Waals surface area contributed by atoms with E-state index in [1.54, 1.807) is 12.1 Å². The van der Waals surface area contributed by atoms with E-state index in [0.29, 0.717) is 5.69 Å². The molecule has 25 heavy (non-hydrogen) atoms. The summed E-state index contributed by atoms with van der Waals surface area (Å²) in [5.41, 5.74) is 7.59. The Morgan fingerprint density at radius 2 is 1.80 bits per heavy atom. The van der Waals surface area contributed by atoms with Crippen LogP contribution in [0, 0.1) is 5.82 Å². The maximum atomic E-state index is 13.4. The molecule has 0 radical (unpaired) electrons. The van der Waals surface area contributed by atoms with Gasteiger partial charge in [-0.3, -0.25) is 4.79 Å². The van der Waals surface area contributed by atoms with Crippen LogP contribution in [-0.2, 0) is 4.79 Å². The number of ketones is 1. The fourth-order valence-electron chi connectivity index (χ4n) is 2.15. The molecular weight excluding hydrogens is 327 g/mol. The number of rotatable bonds is 6. The van der Waals surface area contributed by atoms with E-state index in [0.717, 1.165) is 12.1 Å². The third-order valence-electron chi connectivity index (χ3n) is 3.24. The fourth-order valence-corrected chi connectivity index (χ4v) is 2.15. The minimum Gasteiger partial charge on any atom is -0.478 e. The number of hydrogen-bond acceptors (Lipinski definition) is 5. The van der Waals surface area contributed by atoms with Crippen LogP contribution in [0.5, 0.6) is 0 Å². The number of aliphatic imine (C=N–C) groups is 1. The van der Waals surface area contributed by atoms with Crippen molar-refractivity contribution < 1.29 is 19.1 Å². The van der Waals surface area contributed by atoms with Crippen LogP contribution in [0.3, 0.4) is 0 Å². The number of nitrogens with two attached hydrogens (primary N) is 2. The number of benzene rings is 2. The number of carbonyl (C=O) groups excluding carboxylic acids is 1. The van der Waals surface area contributed by atoms with Gasteiger partial charge in [0.25, 0.3) is 0 Å². The first-order valence-corrected chi connectivity index (χ1v) is 7.06. The number of nitrogens with one attached hydrogen (secondary N) is 1. The maximum absolute atomic E-state index is 13.4. The summed E-state index contributed by atoms with van der Waals surface area (Å²) in [7, 11) is 0. The first-order chi connectivity index (χ1) is 11.9. The van der Waals surface area contributed by atoms with Crippen molar-refractivity contribution in [2.75, 3.05) is 0 Å². The lowest BCUT2D eigenvalue weighted by atomic mass is 9.98. The molecule has 0 amide bonds. The molecule has 0 bridgehead atoms. The zero-order valence-electron chi connectivity index (χ0n) is 12.9. The molecule has 8 heteroatoms. The summed E-state index contributed by atoms with van der Waals surface area (Å²) in [5, 5.41) is 9.40. The molecule has 2 aromatic carbocycles. The number of carbonyl (C=O) groups is 2. The van der Waals surface area contributed by atoms with Gasteiger partial charge in [-0.2, -0.15) is 0 Å². The van der Waals surface area contributed by atoms with Gasteiger partial charge in [-0.25, -0.2) is 20.0 Å². The summed E-state index contributed by atoms with van der Waals surface area (Å²) in [6.45, 7) is 0. The van der Waals surface area contributed by atoms with Crippen LogP contribution in [0.25, 0.3) is 5.57 Å². The molecule has 0 saturated carbocycles. The zero-order chi connectivity index (χ0) is 18.4. The van der Waals surface area contributed by atoms with Gasteiger partial charge in [-0.1, -0.05) is 24.3 Å². The number of aliphatic carboxylic acids is 1. The van der Waals surface area contributed by atoms with Crippen molar-refractivity contribution in [3.8, 4) is 0 Å². The van der Waals surface area contributed by atoms with Crippen LogP contribution in [-0.4, -0.2) is 23.2 Å². The minimum absolute atomic E-state index is 0.000132. The lowest BCUT2D eigenvalue weighted by Gasteiger charge is -2.09. The average Bonchev–Trinajstić information content (AvgIpc) is 2.59. The summed E-state index contributed by atoms with van der Waals surface area (Å²) in [4.78, 5) is 28.0. The second-order valence-electron chi connectivity index (χ2n) is 4.91. The van der Waals surface area contributed by atoms with Gasteiger partial charge in [0.05, 0.1) is 17.0 Å². The van der Waals surface area contributed by atoms with E-state index in [9.17, 15) is 19.1 Å². The van der Waals surface area contributed by atoms with Gasteiger partial charge in [0, 0.05) is 5.56 Å². The quantitative estimate of drug-likeness (QED) is 0.157. The summed E-state index contributed by atoms with van der Waals surface area (Å²) in [5.74, 6) is 2.30. The number of carboxylic acid groups (broad SMARTS) is 1. The molecule has 0 spiro atoms. The van der Waals surface area contributed by atoms with Crippen molar-refractivity contribution >= 4 is 29.4 Å². The molecule has 0 aromatic heterocycles. The molecule has 0 aliphatic carbocycles. The number of hydrazine groups is 1. The summed E-state index contributed by atoms with van der Waals surface area (Å²) in [6.07, 6.45) is 1.22. The minimum atomic E-state index is -1.43. The van der Waals surface area contributed by atoms with Crippen molar-refractivity contribution in [1.82, 2.24) is 5.43 Å². The van der Waals surface area contributed by atoms with Gasteiger partial charge < -0.3 is 16.3 Å². The molecule has 0 heterocycles. The molecule has 0 aliphatic heterocycles. The van der Waals surface area contributed by atoms with Gasteiger partial charge >= 0.3 is 5.97 Å². The fraction of sp³-hybridized carbons (Fsp3) is 0. The predicted octanol–water partition coefficient (Wildman–Crippen LogP) is 1.59. The van der Waals surface area contributed by atoms with Gasteiger partial charge in [-0.05, 0) is 29.8 Å². The van der Waals surface area contributed by atoms with Crippen LogP contribution in [0.2, 0.25) is 0 Å². The molecule has 0 atom stereocenters. The number of Topliss-reactive ketones (excluding diaryl/α,β-unsaturated/α-hetero) is 1. The number of halogens is 1. The Hall–Kier alpha value is -3.52. The molecule has 0 unspecified atom stereocenters. The molecule has 0 aliphatic rings. The lowest BCUT2D eigenvalue weighted by molar-refractivity contribution is -0.130. The predicted molar refractivity (Wildman–Crippen MR) is 91.4 cm³/mol. The van der Waals surface area contributed by atoms with E-state index in [4.69, 9.17) is 11.6 Å². The van der Waals surface area contributed by atoms with E-state index in [1.807, 2.05) is 0 Å². The normalized spacial score (nSPS) is 11.9. The van der Waals surface area contributed by atoms with Crippen LogP contribution in [0.1, 0.15) is 15.9 Å². The monoisotopic (exact) mass is 342 g/mol. The highest BCUT2D eigenvalue weighted by atomic mass is 19.1. The van der Waals surface area contributed by atoms with Gasteiger partial charge in [0.2, 0.25) is 5.78 Å². The Morgan fingerprint density at radius 1 is 1.12 bits per heavy atom. The van der Waals surface area contributed by atoms with Crippen molar-refractivity contribution in [1.29, 1.82) is 0 Å². The SMILES string of the molecule is NNC=Nc1cccc(C(=O)C(N)=C(C(=O)O)c2cccc(F)c2)c1. The highest BCUT2D eigenvalue weighted by molar-refractivity contribution is 6.25. The molecule has 128 valence electrons. The van der Waals surface area contributed by atoms with Crippen molar-refractivity contribution in [3.05, 3.63) is 71.2 Å². The molecule has 2 aromatic rings. The Bertz CT molecular complexity index is 878. The third kappa shape index (κ3) is 4.27. The molecule has 0 saturated heterocycles. The lowest BCUT2D eigenvalue weighted by Crippen LogP contribution is -2.19. The van der Waals surface area contributed by atoms with E-state index in [1.165, 1.54) is 30.6 Å². The highest BCUT2D eigenvalue weighted by Gasteiger charge is 2.21. The Morgan fingerprint density at radius 3 is 2.44 bits per heavy atom. The van der Waals surface area contributed by atoms with Crippen LogP contribution in [0.4, 0.5) is 10.1 Å². The first-order valence-electron chi connectivity index (χ1n) is 7.06. The Balaban J connectivity index is 2.49. The van der Waals surface area contributed by atoms with Crippen molar-refractivity contribution in [3.63, 3.8) is 0 Å². The summed E-state index contributed by atoms with van der Waals surface area (Å²) >= 11 is 0. The summed E-state index contributed by atoms with van der Waals surface area (Å²) in [6, 6.07) is 10.9. The number of hydrogen-bond donors (Lipinski definition) is 4. The average molecular weight is 342 g/mol. The first kappa shape index (κ1) is 17.8. The van der Waals surface area contributed by atoms with E-state index < -0.39 is 28.8 Å². The third-order valence-corrected chi connectivity index (χ3v) is 3.24. The number of carboxylic acids is 1. The second kappa shape index (κ2) is 7.84. The van der Waals surface area contributed by atoms with Crippen LogP contribution >= 0.6 is 0 Å². The smallest absolute Gasteiger partial charge is 0.338 e. The van der Waals surface area contributed by atoms with Crippen molar-refractivity contribution in [2.45, 2.75) is 0 Å². The molecule has 2 rings (SSSR count). The molecule has 7 nitrogen and oxygen atoms in total. The Labute approximate surface area is 142 Å². The number of nitrogens with zero attached hydrogens (tertiary/aromatic N) is 1. The van der Waals surface area contributed by atoms with Gasteiger partial charge in [0.15, 0.2) is 0 Å². The number of allylic oxidation sites excluding steroid dienone is 1. The summed E-state index contributed by atoms with van der Waals surface area (Å²) < 4.78 is 13.4. The largest absolute Gasteiger partial charge is 0.478 e. The van der Waals surface area contributed by atoms with Crippen molar-refractivity contribution in [2.24, 2.45) is 16.6 Å². The molecule has 6 N–H and O–H groups in total. The topological polar surface area (TPSA) is 131 Å². The molecular formula is C17H15FN4O3. The second-order valence-corrected chi connectivity index (χ2v) is 4.91. The van der Waals surface area contributed by atoms with E-state index >= 15 is 0 Å². The van der Waals surface area contributed by atoms with Gasteiger partial charge in [0.1, 0.15) is 12.2 Å². The van der Waals surface area contributed by atoms with Crippen LogP contribution < -0.4 is 17.0 Å². The standard InChI is InChI=1S/C17H15FN4O3/c18-12-5-1-3-10(7-12)14(17(24)25)15(19)16(23)11-4-2-6-13(8-11)21-9-22-20/h1-9H,19-20H2,(H,21,22)(H,24,25). The van der Waals surface area contributed by atoms with Crippen LogP contribution in [0.15, 0.2) is 59.2 Å². The maximum Gasteiger partial charge on any atom is 0.338 e. The zero-order valence-corrected chi connectivity index (χ0v) is 12.9. The van der Waals surface area contributed by atoms with E-state index in [2.05, 4.69) is 10.4 Å².